The highest BCUT2D eigenvalue weighted by atomic mass is 31.2. The van der Waals surface area contributed by atoms with Crippen LogP contribution in [0.4, 0.5) is 0 Å². The van der Waals surface area contributed by atoms with Crippen LogP contribution in [0, 0.1) is 5.92 Å². The molecule has 0 spiro atoms. The monoisotopic (exact) mass is 576 g/mol. The van der Waals surface area contributed by atoms with Gasteiger partial charge in [-0.25, -0.2) is 4.57 Å². The molecule has 0 aliphatic carbocycles. The zero-order chi connectivity index (χ0) is 29.2. The van der Waals surface area contributed by atoms with Crippen molar-refractivity contribution in [2.75, 3.05) is 40.9 Å². The maximum Gasteiger partial charge on any atom is 0.472 e. The Labute approximate surface area is 243 Å². The van der Waals surface area contributed by atoms with E-state index in [9.17, 15) is 14.3 Å². The molecule has 7 heteroatoms. The zero-order valence-electron chi connectivity index (χ0n) is 26.7. The van der Waals surface area contributed by atoms with Crippen LogP contribution in [0.3, 0.4) is 0 Å². The number of hydrogen-bond acceptors (Lipinski definition) is 4. The van der Waals surface area contributed by atoms with E-state index in [-0.39, 0.29) is 24.9 Å². The van der Waals surface area contributed by atoms with E-state index < -0.39 is 7.82 Å². The topological polar surface area (TPSA) is 72.8 Å². The fourth-order valence-electron chi connectivity index (χ4n) is 5.06. The number of ketones is 1. The van der Waals surface area contributed by atoms with E-state index in [1.54, 1.807) is 0 Å². The van der Waals surface area contributed by atoms with Gasteiger partial charge in [0.1, 0.15) is 5.78 Å². The molecule has 0 heterocycles. The van der Waals surface area contributed by atoms with Crippen LogP contribution in [-0.4, -0.2) is 56.1 Å². The summed E-state index contributed by atoms with van der Waals surface area (Å²) in [5, 5.41) is 0. The highest BCUT2D eigenvalue weighted by Crippen LogP contribution is 2.44. The third kappa shape index (κ3) is 29.0. The molecule has 2 unspecified atom stereocenters. The van der Waals surface area contributed by atoms with E-state index in [0.29, 0.717) is 19.3 Å². The Morgan fingerprint density at radius 1 is 0.692 bits per heavy atom. The van der Waals surface area contributed by atoms with Crippen LogP contribution in [0.2, 0.25) is 0 Å². The lowest BCUT2D eigenvalue weighted by molar-refractivity contribution is -0.870. The second kappa shape index (κ2) is 25.5. The number of phosphoric ester groups is 1. The number of nitrogens with zero attached hydrogens (tertiary/aromatic N) is 1. The van der Waals surface area contributed by atoms with Gasteiger partial charge in [0.25, 0.3) is 0 Å². The number of phosphoric acid groups is 1. The predicted molar refractivity (Wildman–Crippen MR) is 166 cm³/mol. The first-order valence-electron chi connectivity index (χ1n) is 16.5. The zero-order valence-corrected chi connectivity index (χ0v) is 27.6. The third-order valence-electron chi connectivity index (χ3n) is 7.46. The van der Waals surface area contributed by atoms with Crippen molar-refractivity contribution >= 4 is 13.6 Å². The van der Waals surface area contributed by atoms with Gasteiger partial charge in [-0.05, 0) is 18.8 Å². The van der Waals surface area contributed by atoms with Gasteiger partial charge in [-0.1, -0.05) is 123 Å². The van der Waals surface area contributed by atoms with Crippen molar-refractivity contribution in [1.82, 2.24) is 0 Å². The number of hydrogen-bond donors (Lipinski definition) is 1. The van der Waals surface area contributed by atoms with Crippen molar-refractivity contribution in [1.29, 1.82) is 0 Å². The van der Waals surface area contributed by atoms with Crippen molar-refractivity contribution in [3.8, 4) is 0 Å². The quantitative estimate of drug-likeness (QED) is 0.0523. The molecule has 1 N–H and O–H groups in total. The average molecular weight is 577 g/mol. The molecule has 234 valence electrons. The average Bonchev–Trinajstić information content (AvgIpc) is 2.86. The Kier molecular flexibility index (Phi) is 25.3. The van der Waals surface area contributed by atoms with Crippen molar-refractivity contribution < 1.29 is 27.8 Å². The molecule has 0 aromatic rings. The maximum atomic E-state index is 12.3. The normalized spacial score (nSPS) is 14.4. The fraction of sp³-hybridized carbons (Fsp3) is 0.969. The minimum atomic E-state index is -4.08. The molecule has 0 saturated heterocycles. The molecule has 0 radical (unpaired) electrons. The molecule has 0 saturated carbocycles. The van der Waals surface area contributed by atoms with Crippen LogP contribution in [-0.2, 0) is 18.4 Å². The van der Waals surface area contributed by atoms with Crippen LogP contribution >= 0.6 is 7.82 Å². The molecule has 0 amide bonds. The third-order valence-corrected chi connectivity index (χ3v) is 8.45. The molecule has 0 aromatic heterocycles. The van der Waals surface area contributed by atoms with E-state index in [0.717, 1.165) is 36.7 Å². The summed E-state index contributed by atoms with van der Waals surface area (Å²) >= 11 is 0. The van der Waals surface area contributed by atoms with Gasteiger partial charge in [0, 0.05) is 19.3 Å². The van der Waals surface area contributed by atoms with Crippen molar-refractivity contribution in [2.45, 2.75) is 155 Å². The highest BCUT2D eigenvalue weighted by Gasteiger charge is 2.24. The number of unbranched alkanes of at least 4 members (excludes halogenated alkanes) is 16. The summed E-state index contributed by atoms with van der Waals surface area (Å²) in [5.41, 5.74) is 0. The van der Waals surface area contributed by atoms with Crippen LogP contribution < -0.4 is 0 Å². The summed E-state index contributed by atoms with van der Waals surface area (Å²) in [6, 6.07) is 0. The lowest BCUT2D eigenvalue weighted by atomic mass is 9.94. The molecule has 0 bridgehead atoms. The van der Waals surface area contributed by atoms with E-state index in [2.05, 4.69) is 28.1 Å². The molecule has 6 nitrogen and oxygen atoms in total. The molecule has 0 aliphatic rings. The van der Waals surface area contributed by atoms with Crippen LogP contribution in [0.1, 0.15) is 155 Å². The Morgan fingerprint density at radius 3 is 1.59 bits per heavy atom. The van der Waals surface area contributed by atoms with Crippen LogP contribution in [0.5, 0.6) is 0 Å². The summed E-state index contributed by atoms with van der Waals surface area (Å²) in [4.78, 5) is 22.3. The summed E-state index contributed by atoms with van der Waals surface area (Å²) < 4.78 is 23.6. The number of carbonyl (C=O) groups is 1. The Hall–Kier alpha value is -0.260. The second-order valence-corrected chi connectivity index (χ2v) is 14.2. The summed E-state index contributed by atoms with van der Waals surface area (Å²) in [5.74, 6) is 0.199. The SMILES string of the molecule is CCCCCCCCCCCCCCCCCCCC(COP(=O)(O)OCCC[N+](C)(C)C)CC(=O)CCC. The second-order valence-electron chi connectivity index (χ2n) is 12.8. The Bertz CT molecular complexity index is 608. The van der Waals surface area contributed by atoms with E-state index in [1.807, 2.05) is 6.92 Å². The molecule has 39 heavy (non-hydrogen) atoms. The van der Waals surface area contributed by atoms with Gasteiger partial charge < -0.3 is 9.38 Å². The predicted octanol–water partition coefficient (Wildman–Crippen LogP) is 9.63. The first kappa shape index (κ1) is 38.7. The van der Waals surface area contributed by atoms with Gasteiger partial charge in [-0.2, -0.15) is 0 Å². The summed E-state index contributed by atoms with van der Waals surface area (Å²) in [6.45, 7) is 5.44. The Morgan fingerprint density at radius 2 is 1.15 bits per heavy atom. The van der Waals surface area contributed by atoms with Crippen molar-refractivity contribution in [3.05, 3.63) is 0 Å². The van der Waals surface area contributed by atoms with Crippen molar-refractivity contribution in [3.63, 3.8) is 0 Å². The van der Waals surface area contributed by atoms with Gasteiger partial charge in [-0.15, -0.1) is 0 Å². The van der Waals surface area contributed by atoms with E-state index in [1.165, 1.54) is 96.3 Å². The minimum Gasteiger partial charge on any atom is -0.331 e. The minimum absolute atomic E-state index is 0.0179. The lowest BCUT2D eigenvalue weighted by Crippen LogP contribution is -2.35. The fourth-order valence-corrected chi connectivity index (χ4v) is 5.89. The maximum absolute atomic E-state index is 12.3. The smallest absolute Gasteiger partial charge is 0.331 e. The van der Waals surface area contributed by atoms with Gasteiger partial charge in [-0.3, -0.25) is 13.8 Å². The number of quaternary nitrogens is 1. The van der Waals surface area contributed by atoms with Crippen LogP contribution in [0.25, 0.3) is 0 Å². The highest BCUT2D eigenvalue weighted by molar-refractivity contribution is 7.47. The molecule has 0 rings (SSSR count). The number of Topliss-reactive ketones (excluding diaryl/α,β-unsaturated/α-hetero) is 1. The van der Waals surface area contributed by atoms with Gasteiger partial charge >= 0.3 is 7.82 Å². The first-order chi connectivity index (χ1) is 18.6. The summed E-state index contributed by atoms with van der Waals surface area (Å²) in [7, 11) is 2.14. The molecule has 0 aliphatic heterocycles. The largest absolute Gasteiger partial charge is 0.472 e. The molecule has 2 atom stereocenters. The molecular formula is C32H67NO5P+. The standard InChI is InChI=1S/C32H66NO5P/c1-6-8-9-10-11-12-13-14-15-16-17-18-19-20-21-22-23-26-31(29-32(34)25-7-2)30-38-39(35,36)37-28-24-27-33(3,4)5/h31H,6-30H2,1-5H3/p+1. The Balaban J connectivity index is 3.94. The summed E-state index contributed by atoms with van der Waals surface area (Å²) in [6.07, 6.45) is 26.1. The lowest BCUT2D eigenvalue weighted by Gasteiger charge is -2.24. The van der Waals surface area contributed by atoms with Gasteiger partial charge in [0.2, 0.25) is 0 Å². The number of rotatable bonds is 30. The first-order valence-corrected chi connectivity index (χ1v) is 18.0. The molecule has 0 aromatic carbocycles. The van der Waals surface area contributed by atoms with Crippen molar-refractivity contribution in [2.24, 2.45) is 5.92 Å². The number of carbonyl (C=O) groups excluding carboxylic acids is 1. The van der Waals surface area contributed by atoms with Gasteiger partial charge in [0.05, 0.1) is 40.9 Å². The van der Waals surface area contributed by atoms with Crippen LogP contribution in [0.15, 0.2) is 0 Å². The molecule has 0 fully saturated rings. The van der Waals surface area contributed by atoms with E-state index >= 15 is 0 Å². The molecular weight excluding hydrogens is 509 g/mol. The van der Waals surface area contributed by atoms with Gasteiger partial charge in [0.15, 0.2) is 0 Å². The van der Waals surface area contributed by atoms with E-state index in [4.69, 9.17) is 9.05 Å².